The first kappa shape index (κ1) is 17.8. The second-order valence-corrected chi connectivity index (χ2v) is 7.09. The molecule has 1 fully saturated rings. The van der Waals surface area contributed by atoms with E-state index in [4.69, 9.17) is 4.74 Å². The minimum absolute atomic E-state index is 0.118. The first-order chi connectivity index (χ1) is 10.9. The van der Waals surface area contributed by atoms with E-state index < -0.39 is 5.54 Å². The number of carbonyl (C=O) groups is 1. The van der Waals surface area contributed by atoms with Crippen LogP contribution in [0.5, 0.6) is 5.75 Å². The van der Waals surface area contributed by atoms with Gasteiger partial charge in [0, 0.05) is 11.0 Å². The van der Waals surface area contributed by atoms with Crippen LogP contribution in [0.1, 0.15) is 19.8 Å². The van der Waals surface area contributed by atoms with Crippen molar-refractivity contribution >= 4 is 21.8 Å². The van der Waals surface area contributed by atoms with E-state index in [9.17, 15) is 10.1 Å². The fourth-order valence-corrected chi connectivity index (χ4v) is 2.65. The van der Waals surface area contributed by atoms with Crippen molar-refractivity contribution < 1.29 is 9.53 Å². The van der Waals surface area contributed by atoms with Gasteiger partial charge >= 0.3 is 0 Å². The number of benzene rings is 1. The van der Waals surface area contributed by atoms with Crippen molar-refractivity contribution in [3.63, 3.8) is 0 Å². The number of ether oxygens (including phenoxy) is 1. The van der Waals surface area contributed by atoms with E-state index in [0.717, 1.165) is 23.1 Å². The highest BCUT2D eigenvalue weighted by atomic mass is 79.9. The number of nitrogens with zero attached hydrogens (tertiary/aromatic N) is 2. The van der Waals surface area contributed by atoms with Crippen LogP contribution in [0.2, 0.25) is 0 Å². The molecule has 1 amide bonds. The Balaban J connectivity index is 1.69. The predicted molar refractivity (Wildman–Crippen MR) is 92.0 cm³/mol. The van der Waals surface area contributed by atoms with Crippen molar-refractivity contribution in [2.24, 2.45) is 5.92 Å². The third-order valence-corrected chi connectivity index (χ3v) is 4.52. The van der Waals surface area contributed by atoms with Crippen LogP contribution in [0.4, 0.5) is 0 Å². The number of nitrogens with one attached hydrogen (secondary N) is 1. The van der Waals surface area contributed by atoms with Crippen molar-refractivity contribution in [1.82, 2.24) is 10.2 Å². The van der Waals surface area contributed by atoms with Gasteiger partial charge in [-0.05, 0) is 57.0 Å². The molecule has 0 bridgehead atoms. The van der Waals surface area contributed by atoms with Gasteiger partial charge in [0.25, 0.3) is 0 Å². The van der Waals surface area contributed by atoms with E-state index in [1.807, 2.05) is 36.2 Å². The summed E-state index contributed by atoms with van der Waals surface area (Å²) in [5, 5.41) is 12.1. The maximum Gasteiger partial charge on any atom is 0.235 e. The number of hydrogen-bond donors (Lipinski definition) is 1. The average molecular weight is 380 g/mol. The molecule has 1 aromatic rings. The standard InChI is InChI=1S/C17H22BrN3O2/c1-17(12-19,13-3-4-13)20-16(22)11-21(2)9-10-23-15-7-5-14(18)6-8-15/h5-8,13H,3-4,9-11H2,1-2H3,(H,20,22)/t17-/m1/s1. The van der Waals surface area contributed by atoms with Gasteiger partial charge in [0.05, 0.1) is 12.6 Å². The lowest BCUT2D eigenvalue weighted by atomic mass is 9.98. The average Bonchev–Trinajstić information content (AvgIpc) is 3.34. The maximum absolute atomic E-state index is 12.1. The third-order valence-electron chi connectivity index (χ3n) is 3.99. The number of carbonyl (C=O) groups excluding carboxylic acids is 1. The Hall–Kier alpha value is -1.58. The molecule has 23 heavy (non-hydrogen) atoms. The second-order valence-electron chi connectivity index (χ2n) is 6.18. The number of nitriles is 1. The molecule has 5 nitrogen and oxygen atoms in total. The summed E-state index contributed by atoms with van der Waals surface area (Å²) < 4.78 is 6.65. The van der Waals surface area contributed by atoms with Crippen molar-refractivity contribution in [3.8, 4) is 11.8 Å². The summed E-state index contributed by atoms with van der Waals surface area (Å²) in [6, 6.07) is 9.87. The number of likely N-dealkylation sites (N-methyl/N-ethyl adjacent to an activating group) is 1. The lowest BCUT2D eigenvalue weighted by Crippen LogP contribution is -2.50. The molecule has 6 heteroatoms. The molecule has 2 rings (SSSR count). The second kappa shape index (κ2) is 7.80. The van der Waals surface area contributed by atoms with Crippen LogP contribution in [0.25, 0.3) is 0 Å². The molecule has 1 saturated carbocycles. The summed E-state index contributed by atoms with van der Waals surface area (Å²) in [5.74, 6) is 0.978. The SMILES string of the molecule is CN(CCOc1ccc(Br)cc1)CC(=O)N[C@](C)(C#N)C1CC1. The Morgan fingerprint density at radius 2 is 2.13 bits per heavy atom. The van der Waals surface area contributed by atoms with Crippen LogP contribution in [0.15, 0.2) is 28.7 Å². The molecule has 1 atom stereocenters. The van der Waals surface area contributed by atoms with Gasteiger partial charge in [-0.2, -0.15) is 5.26 Å². The molecular formula is C17H22BrN3O2. The predicted octanol–water partition coefficient (Wildman–Crippen LogP) is 2.57. The molecule has 0 saturated heterocycles. The van der Waals surface area contributed by atoms with Gasteiger partial charge in [-0.1, -0.05) is 15.9 Å². The topological polar surface area (TPSA) is 65.4 Å². The van der Waals surface area contributed by atoms with Crippen LogP contribution in [0.3, 0.4) is 0 Å². The molecule has 0 aromatic heterocycles. The molecule has 0 unspecified atom stereocenters. The van der Waals surface area contributed by atoms with Gasteiger partial charge in [0.1, 0.15) is 17.9 Å². The Labute approximate surface area is 145 Å². The highest BCUT2D eigenvalue weighted by molar-refractivity contribution is 9.10. The van der Waals surface area contributed by atoms with E-state index in [1.54, 1.807) is 6.92 Å². The Morgan fingerprint density at radius 3 is 2.70 bits per heavy atom. The van der Waals surface area contributed by atoms with Crippen LogP contribution in [-0.2, 0) is 4.79 Å². The lowest BCUT2D eigenvalue weighted by molar-refractivity contribution is -0.123. The first-order valence-corrected chi connectivity index (χ1v) is 8.51. The lowest BCUT2D eigenvalue weighted by Gasteiger charge is -2.24. The molecule has 0 heterocycles. The molecule has 0 aliphatic heterocycles. The fraction of sp³-hybridized carbons (Fsp3) is 0.529. The zero-order valence-electron chi connectivity index (χ0n) is 13.5. The third kappa shape index (κ3) is 5.52. The summed E-state index contributed by atoms with van der Waals surface area (Å²) in [6.07, 6.45) is 2.03. The van der Waals surface area contributed by atoms with Gasteiger partial charge in [-0.3, -0.25) is 9.69 Å². The quantitative estimate of drug-likeness (QED) is 0.753. The molecular weight excluding hydrogens is 358 g/mol. The minimum Gasteiger partial charge on any atom is -0.492 e. The number of rotatable bonds is 8. The summed E-state index contributed by atoms with van der Waals surface area (Å²) >= 11 is 3.38. The number of amides is 1. The fourth-order valence-electron chi connectivity index (χ4n) is 2.39. The van der Waals surface area contributed by atoms with E-state index in [-0.39, 0.29) is 12.5 Å². The summed E-state index contributed by atoms with van der Waals surface area (Å²) in [6.45, 7) is 3.20. The zero-order valence-corrected chi connectivity index (χ0v) is 15.1. The highest BCUT2D eigenvalue weighted by Gasteiger charge is 2.42. The van der Waals surface area contributed by atoms with Gasteiger partial charge in [0.2, 0.25) is 5.91 Å². The van der Waals surface area contributed by atoms with Crippen molar-refractivity contribution in [2.75, 3.05) is 26.7 Å². The van der Waals surface area contributed by atoms with Gasteiger partial charge in [-0.15, -0.1) is 0 Å². The van der Waals surface area contributed by atoms with Crippen LogP contribution < -0.4 is 10.1 Å². The van der Waals surface area contributed by atoms with E-state index in [0.29, 0.717) is 19.1 Å². The molecule has 1 aromatic carbocycles. The van der Waals surface area contributed by atoms with Crippen molar-refractivity contribution in [3.05, 3.63) is 28.7 Å². The van der Waals surface area contributed by atoms with E-state index in [2.05, 4.69) is 27.3 Å². The van der Waals surface area contributed by atoms with Crippen LogP contribution >= 0.6 is 15.9 Å². The Bertz CT molecular complexity index is 580. The summed E-state index contributed by atoms with van der Waals surface area (Å²) in [7, 11) is 1.87. The van der Waals surface area contributed by atoms with Crippen LogP contribution in [-0.4, -0.2) is 43.1 Å². The largest absolute Gasteiger partial charge is 0.492 e. The number of hydrogen-bond acceptors (Lipinski definition) is 4. The van der Waals surface area contributed by atoms with Crippen molar-refractivity contribution in [1.29, 1.82) is 5.26 Å². The summed E-state index contributed by atoms with van der Waals surface area (Å²) in [5.41, 5.74) is -0.730. The smallest absolute Gasteiger partial charge is 0.235 e. The Kier molecular flexibility index (Phi) is 6.03. The zero-order chi connectivity index (χ0) is 16.9. The normalized spacial score (nSPS) is 16.5. The van der Waals surface area contributed by atoms with Gasteiger partial charge in [-0.25, -0.2) is 0 Å². The highest BCUT2D eigenvalue weighted by Crippen LogP contribution is 2.39. The summed E-state index contributed by atoms with van der Waals surface area (Å²) in [4.78, 5) is 14.0. The molecule has 1 aliphatic rings. The molecule has 1 aliphatic carbocycles. The Morgan fingerprint density at radius 1 is 1.48 bits per heavy atom. The molecule has 124 valence electrons. The van der Waals surface area contributed by atoms with Crippen LogP contribution in [0, 0.1) is 17.2 Å². The first-order valence-electron chi connectivity index (χ1n) is 7.72. The van der Waals surface area contributed by atoms with E-state index in [1.165, 1.54) is 0 Å². The van der Waals surface area contributed by atoms with Gasteiger partial charge < -0.3 is 10.1 Å². The molecule has 0 radical (unpaired) electrons. The monoisotopic (exact) mass is 379 g/mol. The van der Waals surface area contributed by atoms with Crippen molar-refractivity contribution in [2.45, 2.75) is 25.3 Å². The molecule has 0 spiro atoms. The molecule has 1 N–H and O–H groups in total. The minimum atomic E-state index is -0.730. The maximum atomic E-state index is 12.1. The van der Waals surface area contributed by atoms with E-state index >= 15 is 0 Å². The number of halogens is 1. The van der Waals surface area contributed by atoms with Gasteiger partial charge in [0.15, 0.2) is 0 Å².